The highest BCUT2D eigenvalue weighted by atomic mass is 16.2. The lowest BCUT2D eigenvalue weighted by molar-refractivity contribution is -0.130. The number of hydrogen-bond donors (Lipinski definition) is 2. The van der Waals surface area contributed by atoms with E-state index >= 15 is 0 Å². The fraction of sp³-hybridized carbons (Fsp3) is 0.680. The third-order valence-electron chi connectivity index (χ3n) is 6.36. The van der Waals surface area contributed by atoms with Crippen LogP contribution in [0, 0.1) is 0 Å². The predicted molar refractivity (Wildman–Crippen MR) is 132 cm³/mol. The van der Waals surface area contributed by atoms with Gasteiger partial charge in [-0.05, 0) is 44.4 Å². The number of hydrogen-bond acceptors (Lipinski definition) is 4. The SMILES string of the molecule is CCNC(=NCc1ccc(CN2CCN(C)CC2)cc1)NCCCN1CCCCCC1=O. The Balaban J connectivity index is 1.41. The van der Waals surface area contributed by atoms with Crippen LogP contribution in [0.25, 0.3) is 0 Å². The maximum atomic E-state index is 12.1. The summed E-state index contributed by atoms with van der Waals surface area (Å²) in [6, 6.07) is 8.87. The van der Waals surface area contributed by atoms with Crippen LogP contribution in [-0.2, 0) is 17.9 Å². The lowest BCUT2D eigenvalue weighted by atomic mass is 10.1. The molecule has 3 rings (SSSR count). The van der Waals surface area contributed by atoms with Crippen molar-refractivity contribution in [2.75, 3.05) is 59.4 Å². The Morgan fingerprint density at radius 3 is 2.47 bits per heavy atom. The fourth-order valence-electron chi connectivity index (χ4n) is 4.28. The molecule has 32 heavy (non-hydrogen) atoms. The van der Waals surface area contributed by atoms with E-state index in [0.29, 0.717) is 18.9 Å². The van der Waals surface area contributed by atoms with Gasteiger partial charge in [0, 0.05) is 65.3 Å². The number of nitrogens with zero attached hydrogens (tertiary/aromatic N) is 4. The molecule has 1 aromatic carbocycles. The Hall–Kier alpha value is -2.12. The third kappa shape index (κ3) is 8.43. The minimum absolute atomic E-state index is 0.319. The molecule has 1 amide bonds. The molecule has 2 heterocycles. The van der Waals surface area contributed by atoms with E-state index in [0.717, 1.165) is 84.1 Å². The number of piperazine rings is 1. The molecule has 0 saturated carbocycles. The van der Waals surface area contributed by atoms with E-state index in [1.54, 1.807) is 0 Å². The van der Waals surface area contributed by atoms with Crippen LogP contribution in [-0.4, -0.2) is 86.0 Å². The number of aliphatic imine (C=N–C) groups is 1. The Morgan fingerprint density at radius 1 is 0.969 bits per heavy atom. The number of rotatable bonds is 9. The van der Waals surface area contributed by atoms with Crippen molar-refractivity contribution in [2.24, 2.45) is 4.99 Å². The molecule has 2 aliphatic heterocycles. The quantitative estimate of drug-likeness (QED) is 0.349. The number of nitrogens with one attached hydrogen (secondary N) is 2. The summed E-state index contributed by atoms with van der Waals surface area (Å²) in [4.78, 5) is 23.8. The highest BCUT2D eigenvalue weighted by molar-refractivity contribution is 5.79. The summed E-state index contributed by atoms with van der Waals surface area (Å²) in [7, 11) is 2.19. The van der Waals surface area contributed by atoms with Crippen LogP contribution < -0.4 is 10.6 Å². The highest BCUT2D eigenvalue weighted by Gasteiger charge is 2.16. The van der Waals surface area contributed by atoms with Crippen molar-refractivity contribution >= 4 is 11.9 Å². The van der Waals surface area contributed by atoms with Gasteiger partial charge < -0.3 is 20.4 Å². The molecule has 2 fully saturated rings. The largest absolute Gasteiger partial charge is 0.357 e. The normalized spacial score (nSPS) is 19.1. The van der Waals surface area contributed by atoms with Crippen molar-refractivity contribution in [2.45, 2.75) is 52.1 Å². The average molecular weight is 443 g/mol. The van der Waals surface area contributed by atoms with Crippen LogP contribution in [0.4, 0.5) is 0 Å². The molecule has 0 bridgehead atoms. The third-order valence-corrected chi connectivity index (χ3v) is 6.36. The number of carbonyl (C=O) groups excluding carboxylic acids is 1. The second kappa shape index (κ2) is 13.4. The molecule has 2 aliphatic rings. The summed E-state index contributed by atoms with van der Waals surface area (Å²) < 4.78 is 0. The highest BCUT2D eigenvalue weighted by Crippen LogP contribution is 2.12. The number of likely N-dealkylation sites (tertiary alicyclic amines) is 1. The summed E-state index contributed by atoms with van der Waals surface area (Å²) in [6.45, 7) is 11.8. The van der Waals surface area contributed by atoms with Gasteiger partial charge >= 0.3 is 0 Å². The number of guanidine groups is 1. The van der Waals surface area contributed by atoms with E-state index in [1.807, 2.05) is 4.90 Å². The van der Waals surface area contributed by atoms with E-state index in [-0.39, 0.29) is 0 Å². The molecule has 2 N–H and O–H groups in total. The molecule has 0 atom stereocenters. The lowest BCUT2D eigenvalue weighted by Crippen LogP contribution is -2.43. The van der Waals surface area contributed by atoms with Gasteiger partial charge in [-0.1, -0.05) is 30.7 Å². The van der Waals surface area contributed by atoms with Gasteiger partial charge in [0.25, 0.3) is 0 Å². The second-order valence-electron chi connectivity index (χ2n) is 9.06. The van der Waals surface area contributed by atoms with Gasteiger partial charge in [0.2, 0.25) is 5.91 Å². The zero-order valence-electron chi connectivity index (χ0n) is 20.1. The van der Waals surface area contributed by atoms with E-state index in [2.05, 4.69) is 58.7 Å². The first-order valence-corrected chi connectivity index (χ1v) is 12.4. The van der Waals surface area contributed by atoms with E-state index in [1.165, 1.54) is 17.5 Å². The topological polar surface area (TPSA) is 63.2 Å². The van der Waals surface area contributed by atoms with Crippen LogP contribution in [0.5, 0.6) is 0 Å². The maximum Gasteiger partial charge on any atom is 0.222 e. The predicted octanol–water partition coefficient (Wildman–Crippen LogP) is 2.28. The summed E-state index contributed by atoms with van der Waals surface area (Å²) in [5, 5.41) is 6.75. The molecule has 0 unspecified atom stereocenters. The average Bonchev–Trinajstić information content (AvgIpc) is 3.01. The Kier molecular flexibility index (Phi) is 10.3. The maximum absolute atomic E-state index is 12.1. The zero-order valence-corrected chi connectivity index (χ0v) is 20.1. The molecular formula is C25H42N6O. The number of amides is 1. The molecule has 7 nitrogen and oxygen atoms in total. The first kappa shape index (κ1) is 24.5. The first-order valence-electron chi connectivity index (χ1n) is 12.4. The van der Waals surface area contributed by atoms with Crippen LogP contribution in [0.2, 0.25) is 0 Å². The molecule has 0 aliphatic carbocycles. The van der Waals surface area contributed by atoms with Crippen molar-refractivity contribution in [3.05, 3.63) is 35.4 Å². The second-order valence-corrected chi connectivity index (χ2v) is 9.06. The standard InChI is InChI=1S/C25H42N6O/c1-3-26-25(27-13-7-15-31-14-6-4-5-8-24(31)32)28-20-22-9-11-23(12-10-22)21-30-18-16-29(2)17-19-30/h9-12H,3-8,13-21H2,1-2H3,(H2,26,27,28). The number of benzene rings is 1. The van der Waals surface area contributed by atoms with Crippen LogP contribution >= 0.6 is 0 Å². The van der Waals surface area contributed by atoms with E-state index in [4.69, 9.17) is 4.99 Å². The van der Waals surface area contributed by atoms with Crippen LogP contribution in [0.3, 0.4) is 0 Å². The summed E-state index contributed by atoms with van der Waals surface area (Å²) in [5.74, 6) is 1.16. The van der Waals surface area contributed by atoms with Gasteiger partial charge in [-0.15, -0.1) is 0 Å². The van der Waals surface area contributed by atoms with Gasteiger partial charge in [-0.2, -0.15) is 0 Å². The van der Waals surface area contributed by atoms with Gasteiger partial charge in [0.1, 0.15) is 0 Å². The molecule has 2 saturated heterocycles. The van der Waals surface area contributed by atoms with Crippen LogP contribution in [0.15, 0.2) is 29.3 Å². The molecule has 1 aromatic rings. The van der Waals surface area contributed by atoms with Gasteiger partial charge in [-0.3, -0.25) is 9.69 Å². The summed E-state index contributed by atoms with van der Waals surface area (Å²) in [6.07, 6.45) is 5.01. The Labute approximate surface area is 194 Å². The monoisotopic (exact) mass is 442 g/mol. The number of carbonyl (C=O) groups is 1. The van der Waals surface area contributed by atoms with Crippen LogP contribution in [0.1, 0.15) is 50.2 Å². The van der Waals surface area contributed by atoms with Gasteiger partial charge in [0.05, 0.1) is 6.54 Å². The Bertz CT molecular complexity index is 712. The molecule has 0 spiro atoms. The molecule has 0 radical (unpaired) electrons. The smallest absolute Gasteiger partial charge is 0.222 e. The van der Waals surface area contributed by atoms with Gasteiger partial charge in [-0.25, -0.2) is 4.99 Å². The minimum Gasteiger partial charge on any atom is -0.357 e. The van der Waals surface area contributed by atoms with Crippen molar-refractivity contribution in [3.63, 3.8) is 0 Å². The lowest BCUT2D eigenvalue weighted by Gasteiger charge is -2.32. The Morgan fingerprint density at radius 2 is 1.72 bits per heavy atom. The molecule has 7 heteroatoms. The molecular weight excluding hydrogens is 400 g/mol. The van der Waals surface area contributed by atoms with Gasteiger partial charge in [0.15, 0.2) is 5.96 Å². The van der Waals surface area contributed by atoms with Crippen molar-refractivity contribution in [1.82, 2.24) is 25.3 Å². The van der Waals surface area contributed by atoms with E-state index < -0.39 is 0 Å². The fourth-order valence-corrected chi connectivity index (χ4v) is 4.28. The molecule has 0 aromatic heterocycles. The minimum atomic E-state index is 0.319. The van der Waals surface area contributed by atoms with Crippen molar-refractivity contribution in [3.8, 4) is 0 Å². The first-order chi connectivity index (χ1) is 15.6. The molecule has 178 valence electrons. The summed E-state index contributed by atoms with van der Waals surface area (Å²) in [5.41, 5.74) is 2.59. The van der Waals surface area contributed by atoms with E-state index in [9.17, 15) is 4.79 Å². The summed E-state index contributed by atoms with van der Waals surface area (Å²) >= 11 is 0. The van der Waals surface area contributed by atoms with Crippen molar-refractivity contribution < 1.29 is 4.79 Å². The van der Waals surface area contributed by atoms with Crippen molar-refractivity contribution in [1.29, 1.82) is 0 Å². The number of likely N-dealkylation sites (N-methyl/N-ethyl adjacent to an activating group) is 1. The zero-order chi connectivity index (χ0) is 22.6.